The molecule has 0 bridgehead atoms. The van der Waals surface area contributed by atoms with E-state index in [4.69, 9.17) is 9.84 Å². The number of aliphatic hydroxyl groups is 1. The number of aryl methyl sites for hydroxylation is 1. The lowest BCUT2D eigenvalue weighted by Gasteiger charge is -2.36. The van der Waals surface area contributed by atoms with Gasteiger partial charge in [0.2, 0.25) is 0 Å². The maximum atomic E-state index is 12.3. The first-order valence-corrected chi connectivity index (χ1v) is 6.66. The SMILES string of the molecule is Cc1cccc(C(=O)CN2CC(CO)OCC2C)c1. The predicted octanol–water partition coefficient (Wildman–Crippen LogP) is 1.26. The Morgan fingerprint density at radius 2 is 2.32 bits per heavy atom. The summed E-state index contributed by atoms with van der Waals surface area (Å²) in [5.41, 5.74) is 1.84. The number of morpholine rings is 1. The first-order chi connectivity index (χ1) is 9.10. The molecule has 1 saturated heterocycles. The third-order valence-corrected chi connectivity index (χ3v) is 3.53. The van der Waals surface area contributed by atoms with Gasteiger partial charge in [0.15, 0.2) is 5.78 Å². The van der Waals surface area contributed by atoms with Crippen LogP contribution in [-0.2, 0) is 4.74 Å². The number of carbonyl (C=O) groups excluding carboxylic acids is 1. The number of benzene rings is 1. The van der Waals surface area contributed by atoms with E-state index < -0.39 is 0 Å². The molecule has 0 aromatic heterocycles. The average Bonchev–Trinajstić information content (AvgIpc) is 2.41. The molecule has 1 aliphatic rings. The monoisotopic (exact) mass is 263 g/mol. The van der Waals surface area contributed by atoms with Crippen molar-refractivity contribution in [2.45, 2.75) is 26.0 Å². The van der Waals surface area contributed by atoms with Gasteiger partial charge in [0.25, 0.3) is 0 Å². The summed E-state index contributed by atoms with van der Waals surface area (Å²) >= 11 is 0. The van der Waals surface area contributed by atoms with Crippen LogP contribution in [0.4, 0.5) is 0 Å². The Labute approximate surface area is 114 Å². The Morgan fingerprint density at radius 3 is 3.00 bits per heavy atom. The molecule has 4 heteroatoms. The van der Waals surface area contributed by atoms with Gasteiger partial charge in [0.1, 0.15) is 0 Å². The fraction of sp³-hybridized carbons (Fsp3) is 0.533. The normalized spacial score (nSPS) is 24.4. The van der Waals surface area contributed by atoms with Gasteiger partial charge in [-0.1, -0.05) is 23.8 Å². The van der Waals surface area contributed by atoms with Crippen molar-refractivity contribution in [2.24, 2.45) is 0 Å². The molecule has 19 heavy (non-hydrogen) atoms. The highest BCUT2D eigenvalue weighted by atomic mass is 16.5. The van der Waals surface area contributed by atoms with Gasteiger partial charge in [0.05, 0.1) is 25.9 Å². The number of aliphatic hydroxyl groups excluding tert-OH is 1. The zero-order valence-electron chi connectivity index (χ0n) is 11.5. The lowest BCUT2D eigenvalue weighted by Crippen LogP contribution is -2.51. The van der Waals surface area contributed by atoms with Crippen molar-refractivity contribution in [3.63, 3.8) is 0 Å². The summed E-state index contributed by atoms with van der Waals surface area (Å²) in [5.74, 6) is 0.120. The molecule has 1 heterocycles. The number of ketones is 1. The standard InChI is InChI=1S/C15H21NO3/c1-11-4-3-5-13(6-11)15(18)8-16-7-14(9-17)19-10-12(16)2/h3-6,12,14,17H,7-10H2,1-2H3. The third-order valence-electron chi connectivity index (χ3n) is 3.53. The molecular formula is C15H21NO3. The van der Waals surface area contributed by atoms with Crippen LogP contribution in [0.5, 0.6) is 0 Å². The molecule has 4 nitrogen and oxygen atoms in total. The van der Waals surface area contributed by atoms with E-state index in [9.17, 15) is 4.79 Å². The van der Waals surface area contributed by atoms with E-state index in [1.165, 1.54) is 0 Å². The van der Waals surface area contributed by atoms with E-state index in [1.54, 1.807) is 0 Å². The second kappa shape index (κ2) is 6.28. The zero-order valence-corrected chi connectivity index (χ0v) is 11.5. The summed E-state index contributed by atoms with van der Waals surface area (Å²) in [4.78, 5) is 14.3. The van der Waals surface area contributed by atoms with Crippen molar-refractivity contribution in [1.29, 1.82) is 0 Å². The van der Waals surface area contributed by atoms with Crippen LogP contribution in [0, 0.1) is 6.92 Å². The Bertz CT molecular complexity index is 447. The highest BCUT2D eigenvalue weighted by molar-refractivity contribution is 5.97. The van der Waals surface area contributed by atoms with Crippen LogP contribution >= 0.6 is 0 Å². The van der Waals surface area contributed by atoms with Crippen molar-refractivity contribution in [2.75, 3.05) is 26.3 Å². The van der Waals surface area contributed by atoms with Gasteiger partial charge in [-0.25, -0.2) is 0 Å². The van der Waals surface area contributed by atoms with Crippen LogP contribution < -0.4 is 0 Å². The number of hydrogen-bond acceptors (Lipinski definition) is 4. The average molecular weight is 263 g/mol. The Balaban J connectivity index is 2.01. The molecule has 1 aromatic rings. The molecule has 0 radical (unpaired) electrons. The molecule has 2 unspecified atom stereocenters. The lowest BCUT2D eigenvalue weighted by molar-refractivity contribution is -0.0747. The van der Waals surface area contributed by atoms with Gasteiger partial charge in [-0.3, -0.25) is 9.69 Å². The molecule has 0 saturated carbocycles. The number of ether oxygens (including phenoxy) is 1. The van der Waals surface area contributed by atoms with Crippen LogP contribution in [0.3, 0.4) is 0 Å². The summed E-state index contributed by atoms with van der Waals surface area (Å²) in [5, 5.41) is 9.15. The Hall–Kier alpha value is -1.23. The number of hydrogen-bond donors (Lipinski definition) is 1. The Morgan fingerprint density at radius 1 is 1.53 bits per heavy atom. The van der Waals surface area contributed by atoms with Crippen molar-refractivity contribution >= 4 is 5.78 Å². The van der Waals surface area contributed by atoms with E-state index in [1.807, 2.05) is 38.1 Å². The molecule has 1 aliphatic heterocycles. The van der Waals surface area contributed by atoms with Crippen LogP contribution in [0.25, 0.3) is 0 Å². The smallest absolute Gasteiger partial charge is 0.176 e. The van der Waals surface area contributed by atoms with Gasteiger partial charge < -0.3 is 9.84 Å². The van der Waals surface area contributed by atoms with Gasteiger partial charge >= 0.3 is 0 Å². The van der Waals surface area contributed by atoms with Crippen molar-refractivity contribution in [3.05, 3.63) is 35.4 Å². The summed E-state index contributed by atoms with van der Waals surface area (Å²) in [6.07, 6.45) is -0.179. The minimum absolute atomic E-state index is 0.00184. The van der Waals surface area contributed by atoms with E-state index in [2.05, 4.69) is 4.90 Å². The first kappa shape index (κ1) is 14.2. The molecule has 2 atom stereocenters. The van der Waals surface area contributed by atoms with Crippen LogP contribution in [0.15, 0.2) is 24.3 Å². The number of carbonyl (C=O) groups is 1. The molecule has 0 amide bonds. The minimum atomic E-state index is -0.179. The number of rotatable bonds is 4. The topological polar surface area (TPSA) is 49.8 Å². The molecule has 1 fully saturated rings. The highest BCUT2D eigenvalue weighted by Crippen LogP contribution is 2.13. The van der Waals surface area contributed by atoms with E-state index in [0.717, 1.165) is 11.1 Å². The van der Waals surface area contributed by atoms with Crippen LogP contribution in [0.1, 0.15) is 22.8 Å². The molecule has 2 rings (SSSR count). The highest BCUT2D eigenvalue weighted by Gasteiger charge is 2.27. The fourth-order valence-electron chi connectivity index (χ4n) is 2.30. The maximum absolute atomic E-state index is 12.3. The molecule has 104 valence electrons. The second-order valence-corrected chi connectivity index (χ2v) is 5.21. The van der Waals surface area contributed by atoms with E-state index >= 15 is 0 Å². The number of nitrogens with zero attached hydrogens (tertiary/aromatic N) is 1. The molecule has 1 aromatic carbocycles. The Kier molecular flexibility index (Phi) is 4.69. The quantitative estimate of drug-likeness (QED) is 0.831. The summed E-state index contributed by atoms with van der Waals surface area (Å²) in [7, 11) is 0. The summed E-state index contributed by atoms with van der Waals surface area (Å²) in [6, 6.07) is 7.86. The van der Waals surface area contributed by atoms with Gasteiger partial charge in [-0.2, -0.15) is 0 Å². The van der Waals surface area contributed by atoms with E-state index in [0.29, 0.717) is 19.7 Å². The van der Waals surface area contributed by atoms with Gasteiger partial charge in [-0.15, -0.1) is 0 Å². The lowest BCUT2D eigenvalue weighted by atomic mass is 10.1. The van der Waals surface area contributed by atoms with Gasteiger partial charge in [0, 0.05) is 18.2 Å². The summed E-state index contributed by atoms with van der Waals surface area (Å²) in [6.45, 7) is 5.57. The van der Waals surface area contributed by atoms with Crippen molar-refractivity contribution < 1.29 is 14.6 Å². The number of Topliss-reactive ketones (excluding diaryl/α,β-unsaturated/α-hetero) is 1. The molecular weight excluding hydrogens is 242 g/mol. The predicted molar refractivity (Wildman–Crippen MR) is 73.4 cm³/mol. The van der Waals surface area contributed by atoms with Gasteiger partial charge in [-0.05, 0) is 19.9 Å². The van der Waals surface area contributed by atoms with Crippen LogP contribution in [-0.4, -0.2) is 54.2 Å². The largest absolute Gasteiger partial charge is 0.394 e. The minimum Gasteiger partial charge on any atom is -0.394 e. The first-order valence-electron chi connectivity index (χ1n) is 6.66. The zero-order chi connectivity index (χ0) is 13.8. The second-order valence-electron chi connectivity index (χ2n) is 5.21. The third kappa shape index (κ3) is 3.62. The van der Waals surface area contributed by atoms with E-state index in [-0.39, 0.29) is 24.5 Å². The molecule has 1 N–H and O–H groups in total. The molecule has 0 spiro atoms. The fourth-order valence-corrected chi connectivity index (χ4v) is 2.30. The van der Waals surface area contributed by atoms with Crippen molar-refractivity contribution in [1.82, 2.24) is 4.90 Å². The van der Waals surface area contributed by atoms with Crippen molar-refractivity contribution in [3.8, 4) is 0 Å². The van der Waals surface area contributed by atoms with Crippen LogP contribution in [0.2, 0.25) is 0 Å². The summed E-state index contributed by atoms with van der Waals surface area (Å²) < 4.78 is 5.47. The molecule has 0 aliphatic carbocycles. The maximum Gasteiger partial charge on any atom is 0.176 e.